The molecular weight excluding hydrogens is 204 g/mol. The summed E-state index contributed by atoms with van der Waals surface area (Å²) >= 11 is 1.84. The Morgan fingerprint density at radius 1 is 1.47 bits per heavy atom. The van der Waals surface area contributed by atoms with Crippen molar-refractivity contribution in [2.75, 3.05) is 0 Å². The molecule has 3 heteroatoms. The van der Waals surface area contributed by atoms with E-state index in [4.69, 9.17) is 4.98 Å². The number of nitrogens with zero attached hydrogens (tertiary/aromatic N) is 1. The van der Waals surface area contributed by atoms with Crippen molar-refractivity contribution in [2.45, 2.75) is 58.5 Å². The molecule has 1 fully saturated rings. The van der Waals surface area contributed by atoms with Crippen LogP contribution in [0.3, 0.4) is 0 Å². The molecule has 0 atom stereocenters. The Bertz CT molecular complexity index is 351. The number of aromatic nitrogens is 1. The summed E-state index contributed by atoms with van der Waals surface area (Å²) in [5.74, 6) is 0. The summed E-state index contributed by atoms with van der Waals surface area (Å²) in [4.78, 5) is 6.11. The minimum atomic E-state index is 0.0456. The van der Waals surface area contributed by atoms with Gasteiger partial charge in [0.25, 0.3) is 0 Å². The fourth-order valence-corrected chi connectivity index (χ4v) is 2.89. The molecular formula is C12H20N2S. The van der Waals surface area contributed by atoms with E-state index in [1.54, 1.807) is 0 Å². The molecule has 15 heavy (non-hydrogen) atoms. The minimum absolute atomic E-state index is 0.0456. The van der Waals surface area contributed by atoms with Crippen LogP contribution in [0.5, 0.6) is 0 Å². The van der Waals surface area contributed by atoms with Crippen molar-refractivity contribution < 1.29 is 0 Å². The zero-order chi connectivity index (χ0) is 11.1. The second kappa shape index (κ2) is 3.87. The molecule has 0 bridgehead atoms. The van der Waals surface area contributed by atoms with E-state index < -0.39 is 0 Å². The molecule has 0 radical (unpaired) electrons. The molecule has 1 aliphatic carbocycles. The lowest BCUT2D eigenvalue weighted by Gasteiger charge is -2.23. The molecule has 0 amide bonds. The number of thiazole rings is 1. The average molecular weight is 224 g/mol. The first-order valence-electron chi connectivity index (χ1n) is 5.77. The fourth-order valence-electron chi connectivity index (χ4n) is 1.82. The molecule has 1 N–H and O–H groups in total. The lowest BCUT2D eigenvalue weighted by Crippen LogP contribution is -2.37. The molecule has 1 heterocycles. The van der Waals surface area contributed by atoms with Gasteiger partial charge in [-0.1, -0.05) is 6.92 Å². The van der Waals surface area contributed by atoms with Crippen molar-refractivity contribution in [3.8, 4) is 0 Å². The molecule has 2 nitrogen and oxygen atoms in total. The Balaban J connectivity index is 2.18. The molecule has 0 spiro atoms. The van der Waals surface area contributed by atoms with E-state index >= 15 is 0 Å². The van der Waals surface area contributed by atoms with Gasteiger partial charge in [-0.25, -0.2) is 4.98 Å². The molecule has 84 valence electrons. The second-order valence-electron chi connectivity index (χ2n) is 4.92. The van der Waals surface area contributed by atoms with Crippen LogP contribution < -0.4 is 5.32 Å². The van der Waals surface area contributed by atoms with E-state index in [0.717, 1.165) is 12.5 Å². The lowest BCUT2D eigenvalue weighted by atomic mass is 10.1. The number of rotatable bonds is 4. The number of aryl methyl sites for hydroxylation is 2. The zero-order valence-electron chi connectivity index (χ0n) is 10.1. The molecule has 0 aromatic carbocycles. The van der Waals surface area contributed by atoms with Gasteiger partial charge in [-0.2, -0.15) is 0 Å². The van der Waals surface area contributed by atoms with Crippen LogP contribution in [0.15, 0.2) is 0 Å². The maximum absolute atomic E-state index is 4.74. The van der Waals surface area contributed by atoms with Crippen LogP contribution in [-0.2, 0) is 12.0 Å². The van der Waals surface area contributed by atoms with Gasteiger partial charge in [0.05, 0.1) is 11.2 Å². The highest BCUT2D eigenvalue weighted by atomic mass is 32.1. The summed E-state index contributed by atoms with van der Waals surface area (Å²) in [6, 6.07) is 0.731. The first-order valence-corrected chi connectivity index (χ1v) is 6.59. The standard InChI is InChI=1S/C12H20N2S/c1-5-10-8(2)15-11(13-10)12(3,4)14-9-6-7-9/h9,14H,5-7H2,1-4H3. The highest BCUT2D eigenvalue weighted by Gasteiger charge is 2.32. The number of hydrogen-bond acceptors (Lipinski definition) is 3. The molecule has 1 aliphatic rings. The third kappa shape index (κ3) is 2.40. The van der Waals surface area contributed by atoms with Crippen molar-refractivity contribution in [1.29, 1.82) is 0 Å². The van der Waals surface area contributed by atoms with Crippen LogP contribution in [0.1, 0.15) is 49.2 Å². The van der Waals surface area contributed by atoms with Crippen LogP contribution in [-0.4, -0.2) is 11.0 Å². The smallest absolute Gasteiger partial charge is 0.113 e. The molecule has 0 saturated heterocycles. The number of nitrogens with one attached hydrogen (secondary N) is 1. The van der Waals surface area contributed by atoms with Crippen LogP contribution in [0.4, 0.5) is 0 Å². The van der Waals surface area contributed by atoms with Gasteiger partial charge >= 0.3 is 0 Å². The second-order valence-corrected chi connectivity index (χ2v) is 6.12. The van der Waals surface area contributed by atoms with Gasteiger partial charge in [-0.05, 0) is 40.0 Å². The SMILES string of the molecule is CCc1nc(C(C)(C)NC2CC2)sc1C. The Morgan fingerprint density at radius 3 is 2.60 bits per heavy atom. The van der Waals surface area contributed by atoms with E-state index in [-0.39, 0.29) is 5.54 Å². The van der Waals surface area contributed by atoms with Gasteiger partial charge in [0, 0.05) is 10.9 Å². The first-order chi connectivity index (χ1) is 7.03. The Kier molecular flexibility index (Phi) is 2.86. The molecule has 1 saturated carbocycles. The van der Waals surface area contributed by atoms with E-state index in [9.17, 15) is 0 Å². The Hall–Kier alpha value is -0.410. The highest BCUT2D eigenvalue weighted by Crippen LogP contribution is 2.31. The summed E-state index contributed by atoms with van der Waals surface area (Å²) in [7, 11) is 0. The summed E-state index contributed by atoms with van der Waals surface area (Å²) in [6.07, 6.45) is 3.70. The third-order valence-corrected chi connectivity index (χ3v) is 4.24. The van der Waals surface area contributed by atoms with Crippen LogP contribution in [0, 0.1) is 6.92 Å². The monoisotopic (exact) mass is 224 g/mol. The largest absolute Gasteiger partial charge is 0.303 e. The topological polar surface area (TPSA) is 24.9 Å². The Morgan fingerprint density at radius 2 is 2.13 bits per heavy atom. The normalized spacial score (nSPS) is 17.1. The summed E-state index contributed by atoms with van der Waals surface area (Å²) in [5.41, 5.74) is 1.31. The van der Waals surface area contributed by atoms with E-state index in [1.807, 2.05) is 11.3 Å². The lowest BCUT2D eigenvalue weighted by molar-refractivity contribution is 0.397. The molecule has 0 aliphatic heterocycles. The fraction of sp³-hybridized carbons (Fsp3) is 0.750. The quantitative estimate of drug-likeness (QED) is 0.850. The van der Waals surface area contributed by atoms with Crippen LogP contribution in [0.2, 0.25) is 0 Å². The maximum Gasteiger partial charge on any atom is 0.113 e. The van der Waals surface area contributed by atoms with Gasteiger partial charge < -0.3 is 5.32 Å². The number of hydrogen-bond donors (Lipinski definition) is 1. The van der Waals surface area contributed by atoms with Crippen molar-refractivity contribution >= 4 is 11.3 Å². The van der Waals surface area contributed by atoms with Crippen LogP contribution >= 0.6 is 11.3 Å². The van der Waals surface area contributed by atoms with Crippen LogP contribution in [0.25, 0.3) is 0 Å². The first kappa shape index (κ1) is 11.1. The average Bonchev–Trinajstić information content (AvgIpc) is 2.86. The highest BCUT2D eigenvalue weighted by molar-refractivity contribution is 7.11. The van der Waals surface area contributed by atoms with Gasteiger partial charge in [0.15, 0.2) is 0 Å². The van der Waals surface area contributed by atoms with E-state index in [2.05, 4.69) is 33.0 Å². The minimum Gasteiger partial charge on any atom is -0.303 e. The van der Waals surface area contributed by atoms with Gasteiger partial charge in [0.2, 0.25) is 0 Å². The van der Waals surface area contributed by atoms with Crippen molar-refractivity contribution in [1.82, 2.24) is 10.3 Å². The van der Waals surface area contributed by atoms with Gasteiger partial charge in [0.1, 0.15) is 5.01 Å². The maximum atomic E-state index is 4.74. The predicted molar refractivity (Wildman–Crippen MR) is 65.4 cm³/mol. The predicted octanol–water partition coefficient (Wildman–Crippen LogP) is 3.00. The zero-order valence-corrected chi connectivity index (χ0v) is 10.9. The van der Waals surface area contributed by atoms with E-state index in [1.165, 1.54) is 28.4 Å². The molecule has 1 aromatic heterocycles. The summed E-state index contributed by atoms with van der Waals surface area (Å²) < 4.78 is 0. The van der Waals surface area contributed by atoms with Crippen molar-refractivity contribution in [3.05, 3.63) is 15.6 Å². The molecule has 1 aromatic rings. The van der Waals surface area contributed by atoms with Gasteiger partial charge in [-0.3, -0.25) is 0 Å². The third-order valence-electron chi connectivity index (χ3n) is 2.90. The summed E-state index contributed by atoms with van der Waals surface area (Å²) in [5, 5.41) is 4.90. The van der Waals surface area contributed by atoms with Crippen molar-refractivity contribution in [3.63, 3.8) is 0 Å². The summed E-state index contributed by atoms with van der Waals surface area (Å²) in [6.45, 7) is 8.83. The van der Waals surface area contributed by atoms with E-state index in [0.29, 0.717) is 0 Å². The Labute approximate surface area is 96.1 Å². The molecule has 2 rings (SSSR count). The van der Waals surface area contributed by atoms with Gasteiger partial charge in [-0.15, -0.1) is 11.3 Å². The van der Waals surface area contributed by atoms with Crippen molar-refractivity contribution in [2.24, 2.45) is 0 Å². The molecule has 0 unspecified atom stereocenters.